The molecule has 0 rings (SSSR count). The van der Waals surface area contributed by atoms with Crippen molar-refractivity contribution in [1.29, 1.82) is 0 Å². The summed E-state index contributed by atoms with van der Waals surface area (Å²) >= 11 is 0. The van der Waals surface area contributed by atoms with Crippen molar-refractivity contribution in [2.75, 3.05) is 13.2 Å². The molecule has 2 unspecified atom stereocenters. The largest absolute Gasteiger partial charge is 0.455 e. The second-order valence-corrected chi connectivity index (χ2v) is 7.47. The number of hydrogen-bond acceptors (Lipinski definition) is 6. The molecule has 0 radical (unpaired) electrons. The highest BCUT2D eigenvalue weighted by molar-refractivity contribution is 7.86. The molecular weight excluding hydrogens is 395 g/mol. The minimum absolute atomic E-state index is 0.400. The van der Waals surface area contributed by atoms with Crippen LogP contribution in [-0.4, -0.2) is 60.4 Å². The van der Waals surface area contributed by atoms with E-state index in [2.05, 4.69) is 16.1 Å². The molecule has 13 heteroatoms. The van der Waals surface area contributed by atoms with Crippen LogP contribution >= 0.6 is 0 Å². The van der Waals surface area contributed by atoms with Gasteiger partial charge in [0.2, 0.25) is 0 Å². The summed E-state index contributed by atoms with van der Waals surface area (Å²) in [7, 11) is -5.75. The van der Waals surface area contributed by atoms with Gasteiger partial charge in [-0.3, -0.25) is 4.55 Å². The van der Waals surface area contributed by atoms with Gasteiger partial charge < -0.3 is 14.6 Å². The highest BCUT2D eigenvalue weighted by atomic mass is 32.2. The summed E-state index contributed by atoms with van der Waals surface area (Å²) in [6.45, 7) is 3.12. The molecule has 0 spiro atoms. The quantitative estimate of drug-likeness (QED) is 0.257. The zero-order valence-electron chi connectivity index (χ0n) is 14.0. The van der Waals surface area contributed by atoms with E-state index >= 15 is 0 Å². The van der Waals surface area contributed by atoms with Gasteiger partial charge in [0, 0.05) is 0 Å². The second-order valence-electron chi connectivity index (χ2n) is 5.92. The fraction of sp³-hybridized carbons (Fsp3) is 0.769. The van der Waals surface area contributed by atoms with Gasteiger partial charge in [-0.1, -0.05) is 20.4 Å². The number of hydrogen-bond donors (Lipinski definition) is 2. The molecule has 0 aromatic rings. The maximum Gasteiger partial charge on any atom is 0.420 e. The van der Waals surface area contributed by atoms with Gasteiger partial charge >= 0.3 is 27.5 Å². The zero-order valence-corrected chi connectivity index (χ0v) is 14.8. The molecule has 0 aromatic carbocycles. The van der Waals surface area contributed by atoms with E-state index in [0.717, 1.165) is 0 Å². The lowest BCUT2D eigenvalue weighted by molar-refractivity contribution is -0.290. The highest BCUT2D eigenvalue weighted by Gasteiger charge is 2.57. The number of alkyl halides is 5. The van der Waals surface area contributed by atoms with Crippen LogP contribution in [0.3, 0.4) is 0 Å². The number of ether oxygens (including phenoxy) is 2. The number of carbonyl (C=O) groups excluding carboxylic acids is 1. The highest BCUT2D eigenvalue weighted by Crippen LogP contribution is 2.37. The Morgan fingerprint density at radius 1 is 1.19 bits per heavy atom. The fourth-order valence-electron chi connectivity index (χ4n) is 1.69. The van der Waals surface area contributed by atoms with Gasteiger partial charge in [0.1, 0.15) is 12.7 Å². The molecule has 0 heterocycles. The molecule has 0 aromatic heterocycles. The predicted octanol–water partition coefficient (Wildman–Crippen LogP) is 1.92. The standard InChI is InChI=1S/C13H19F5O7S/c1-7(2)9(11(4,20)13(16,17)18)25-10(19)8(3)5-24-6-12(14,15)26(21,22)23/h7,9,20H,3,5-6H2,1-2,4H3,(H,21,22,23). The lowest BCUT2D eigenvalue weighted by atomic mass is 9.89. The van der Waals surface area contributed by atoms with Crippen molar-refractivity contribution in [3.63, 3.8) is 0 Å². The molecule has 7 nitrogen and oxygen atoms in total. The van der Waals surface area contributed by atoms with Crippen molar-refractivity contribution in [2.45, 2.75) is 43.9 Å². The lowest BCUT2D eigenvalue weighted by Crippen LogP contribution is -2.55. The van der Waals surface area contributed by atoms with Crippen molar-refractivity contribution >= 4 is 16.1 Å². The van der Waals surface area contributed by atoms with Gasteiger partial charge in [-0.05, 0) is 12.8 Å². The number of rotatable bonds is 9. The molecular formula is C13H19F5O7S. The third-order valence-electron chi connectivity index (χ3n) is 3.18. The van der Waals surface area contributed by atoms with Crippen LogP contribution in [0.4, 0.5) is 22.0 Å². The van der Waals surface area contributed by atoms with Gasteiger partial charge in [-0.2, -0.15) is 30.4 Å². The smallest absolute Gasteiger partial charge is 0.420 e. The third-order valence-corrected chi connectivity index (χ3v) is 4.05. The van der Waals surface area contributed by atoms with Crippen LogP contribution in [0.1, 0.15) is 20.8 Å². The summed E-state index contributed by atoms with van der Waals surface area (Å²) < 4.78 is 102. The monoisotopic (exact) mass is 414 g/mol. The third kappa shape index (κ3) is 6.14. The number of carbonyl (C=O) groups is 1. The van der Waals surface area contributed by atoms with Crippen LogP contribution in [-0.2, 0) is 24.4 Å². The second kappa shape index (κ2) is 8.15. The minimum atomic E-state index is -5.75. The van der Waals surface area contributed by atoms with Crippen LogP contribution < -0.4 is 0 Å². The Morgan fingerprint density at radius 2 is 1.65 bits per heavy atom. The molecule has 154 valence electrons. The van der Waals surface area contributed by atoms with Gasteiger partial charge in [0.25, 0.3) is 0 Å². The summed E-state index contributed by atoms with van der Waals surface area (Å²) in [6, 6.07) is 0. The molecule has 0 aliphatic rings. The van der Waals surface area contributed by atoms with Crippen molar-refractivity contribution in [3.05, 3.63) is 12.2 Å². The van der Waals surface area contributed by atoms with Gasteiger partial charge in [-0.15, -0.1) is 0 Å². The summed E-state index contributed by atoms with van der Waals surface area (Å²) in [5.41, 5.74) is -4.10. The summed E-state index contributed by atoms with van der Waals surface area (Å²) in [6.07, 6.45) is -7.16. The first-order chi connectivity index (χ1) is 11.3. The van der Waals surface area contributed by atoms with E-state index in [-0.39, 0.29) is 0 Å². The van der Waals surface area contributed by atoms with E-state index in [1.807, 2.05) is 0 Å². The van der Waals surface area contributed by atoms with Gasteiger partial charge in [0.05, 0.1) is 12.2 Å². The molecule has 0 saturated heterocycles. The maximum atomic E-state index is 12.9. The van der Waals surface area contributed by atoms with E-state index < -0.39 is 63.9 Å². The average molecular weight is 414 g/mol. The first kappa shape index (κ1) is 24.7. The normalized spacial score (nSPS) is 16.9. The van der Waals surface area contributed by atoms with E-state index in [0.29, 0.717) is 6.92 Å². The molecule has 0 saturated carbocycles. The summed E-state index contributed by atoms with van der Waals surface area (Å²) in [5.74, 6) is -2.45. The Balaban J connectivity index is 4.96. The van der Waals surface area contributed by atoms with E-state index in [4.69, 9.17) is 4.55 Å². The van der Waals surface area contributed by atoms with Gasteiger partial charge in [-0.25, -0.2) is 4.79 Å². The molecule has 0 fully saturated rings. The average Bonchev–Trinajstić information content (AvgIpc) is 2.40. The Labute approximate surface area is 146 Å². The van der Waals surface area contributed by atoms with Crippen LogP contribution in [0.2, 0.25) is 0 Å². The van der Waals surface area contributed by atoms with Crippen molar-refractivity contribution in [3.8, 4) is 0 Å². The molecule has 0 aliphatic carbocycles. The summed E-state index contributed by atoms with van der Waals surface area (Å²) in [5, 5.41) is 4.97. The maximum absolute atomic E-state index is 12.9. The molecule has 2 N–H and O–H groups in total. The zero-order chi connectivity index (χ0) is 21.1. The van der Waals surface area contributed by atoms with Crippen molar-refractivity contribution in [1.82, 2.24) is 0 Å². The van der Waals surface area contributed by atoms with E-state index in [1.165, 1.54) is 13.8 Å². The minimum Gasteiger partial charge on any atom is -0.455 e. The lowest BCUT2D eigenvalue weighted by Gasteiger charge is -2.36. The molecule has 2 atom stereocenters. The molecule has 0 bridgehead atoms. The van der Waals surface area contributed by atoms with E-state index in [9.17, 15) is 40.3 Å². The molecule has 0 amide bonds. The number of halogens is 5. The first-order valence-electron chi connectivity index (χ1n) is 6.95. The first-order valence-corrected chi connectivity index (χ1v) is 8.39. The summed E-state index contributed by atoms with van der Waals surface area (Å²) in [4.78, 5) is 11.7. The topological polar surface area (TPSA) is 110 Å². The Kier molecular flexibility index (Phi) is 7.74. The van der Waals surface area contributed by atoms with E-state index in [1.54, 1.807) is 0 Å². The van der Waals surface area contributed by atoms with Gasteiger partial charge in [0.15, 0.2) is 5.60 Å². The molecule has 0 aliphatic heterocycles. The van der Waals surface area contributed by atoms with Crippen LogP contribution in [0, 0.1) is 5.92 Å². The number of aliphatic hydroxyl groups is 1. The Bertz CT molecular complexity index is 625. The van der Waals surface area contributed by atoms with Crippen LogP contribution in [0.15, 0.2) is 12.2 Å². The number of esters is 1. The molecule has 26 heavy (non-hydrogen) atoms. The Morgan fingerprint density at radius 3 is 2.00 bits per heavy atom. The SMILES string of the molecule is C=C(COCC(F)(F)S(=O)(=O)O)C(=O)OC(C(C)C)C(C)(O)C(F)(F)F. The van der Waals surface area contributed by atoms with Crippen LogP contribution in [0.5, 0.6) is 0 Å². The predicted molar refractivity (Wildman–Crippen MR) is 77.9 cm³/mol. The van der Waals surface area contributed by atoms with Crippen LogP contribution in [0.25, 0.3) is 0 Å². The van der Waals surface area contributed by atoms with Crippen molar-refractivity contribution < 1.29 is 54.3 Å². The Hall–Kier alpha value is -1.31. The van der Waals surface area contributed by atoms with Crippen molar-refractivity contribution in [2.24, 2.45) is 5.92 Å². The fourth-order valence-corrected chi connectivity index (χ4v) is 1.92.